The molecule has 0 saturated carbocycles. The van der Waals surface area contributed by atoms with Crippen LogP contribution in [0.25, 0.3) is 0 Å². The predicted molar refractivity (Wildman–Crippen MR) is 79.2 cm³/mol. The summed E-state index contributed by atoms with van der Waals surface area (Å²) in [5, 5.41) is 2.51. The van der Waals surface area contributed by atoms with Gasteiger partial charge in [-0.2, -0.15) is 0 Å². The Kier molecular flexibility index (Phi) is 4.60. The molecule has 0 radical (unpaired) electrons. The third kappa shape index (κ3) is 3.40. The quantitative estimate of drug-likeness (QED) is 0.871. The lowest BCUT2D eigenvalue weighted by Crippen LogP contribution is -2.49. The van der Waals surface area contributed by atoms with Crippen LogP contribution in [0.5, 0.6) is 0 Å². The molecule has 0 atom stereocenters. The first kappa shape index (κ1) is 15.5. The van der Waals surface area contributed by atoms with Crippen molar-refractivity contribution >= 4 is 17.5 Å². The van der Waals surface area contributed by atoms with Crippen molar-refractivity contribution in [3.05, 3.63) is 30.1 Å². The maximum absolute atomic E-state index is 13.6. The molecule has 1 saturated heterocycles. The van der Waals surface area contributed by atoms with Gasteiger partial charge in [-0.15, -0.1) is 0 Å². The minimum Gasteiger partial charge on any atom is -0.342 e. The third-order valence-corrected chi connectivity index (χ3v) is 3.87. The number of amides is 2. The van der Waals surface area contributed by atoms with E-state index < -0.39 is 17.1 Å². The number of benzene rings is 1. The van der Waals surface area contributed by atoms with E-state index in [1.54, 1.807) is 30.9 Å². The molecule has 0 spiro atoms. The normalized spacial score (nSPS) is 15.7. The molecule has 0 unspecified atom stereocenters. The average Bonchev–Trinajstić information content (AvgIpc) is 2.49. The van der Waals surface area contributed by atoms with E-state index in [0.29, 0.717) is 13.1 Å². The molecule has 2 rings (SSSR count). The third-order valence-electron chi connectivity index (χ3n) is 3.87. The molecule has 1 heterocycles. The molecule has 114 valence electrons. The molecular formula is C16H21FN2O2. The molecular weight excluding hydrogens is 271 g/mol. The number of piperidine rings is 1. The van der Waals surface area contributed by atoms with Crippen LogP contribution in [0.2, 0.25) is 0 Å². The van der Waals surface area contributed by atoms with Gasteiger partial charge in [0, 0.05) is 13.1 Å². The van der Waals surface area contributed by atoms with Gasteiger partial charge < -0.3 is 10.2 Å². The summed E-state index contributed by atoms with van der Waals surface area (Å²) in [6.45, 7) is 4.55. The highest BCUT2D eigenvalue weighted by atomic mass is 19.1. The van der Waals surface area contributed by atoms with Crippen LogP contribution in [-0.2, 0) is 9.59 Å². The van der Waals surface area contributed by atoms with Crippen LogP contribution in [0.4, 0.5) is 10.1 Å². The van der Waals surface area contributed by atoms with Crippen LogP contribution < -0.4 is 5.32 Å². The van der Waals surface area contributed by atoms with Crippen LogP contribution in [0, 0.1) is 11.2 Å². The van der Waals surface area contributed by atoms with Crippen molar-refractivity contribution in [3.63, 3.8) is 0 Å². The summed E-state index contributed by atoms with van der Waals surface area (Å²) < 4.78 is 13.6. The number of hydrogen-bond acceptors (Lipinski definition) is 2. The topological polar surface area (TPSA) is 49.4 Å². The van der Waals surface area contributed by atoms with Crippen molar-refractivity contribution in [2.75, 3.05) is 18.4 Å². The minimum absolute atomic E-state index is 0.0991. The number of carbonyl (C=O) groups excluding carboxylic acids is 2. The Morgan fingerprint density at radius 2 is 1.76 bits per heavy atom. The van der Waals surface area contributed by atoms with Crippen LogP contribution in [0.1, 0.15) is 33.1 Å². The Balaban J connectivity index is 2.09. The van der Waals surface area contributed by atoms with Gasteiger partial charge in [0.2, 0.25) is 11.8 Å². The van der Waals surface area contributed by atoms with E-state index in [9.17, 15) is 14.0 Å². The van der Waals surface area contributed by atoms with Gasteiger partial charge in [0.1, 0.15) is 11.2 Å². The highest BCUT2D eigenvalue weighted by Crippen LogP contribution is 2.24. The van der Waals surface area contributed by atoms with Crippen molar-refractivity contribution < 1.29 is 14.0 Å². The largest absolute Gasteiger partial charge is 0.342 e. The number of para-hydroxylation sites is 1. The average molecular weight is 292 g/mol. The van der Waals surface area contributed by atoms with Crippen molar-refractivity contribution in [3.8, 4) is 0 Å². The van der Waals surface area contributed by atoms with Crippen LogP contribution in [-0.4, -0.2) is 29.8 Å². The van der Waals surface area contributed by atoms with E-state index in [1.165, 1.54) is 12.1 Å². The number of nitrogens with zero attached hydrogens (tertiary/aromatic N) is 1. The van der Waals surface area contributed by atoms with Gasteiger partial charge in [0.25, 0.3) is 0 Å². The lowest BCUT2D eigenvalue weighted by Gasteiger charge is -2.33. The number of likely N-dealkylation sites (tertiary alicyclic amines) is 1. The molecule has 1 aliphatic heterocycles. The van der Waals surface area contributed by atoms with E-state index in [-0.39, 0.29) is 11.6 Å². The minimum atomic E-state index is -1.21. The molecule has 1 N–H and O–H groups in total. The van der Waals surface area contributed by atoms with Gasteiger partial charge in [-0.25, -0.2) is 4.39 Å². The van der Waals surface area contributed by atoms with Crippen molar-refractivity contribution in [1.29, 1.82) is 0 Å². The molecule has 1 aliphatic rings. The van der Waals surface area contributed by atoms with E-state index in [0.717, 1.165) is 19.3 Å². The summed E-state index contributed by atoms with van der Waals surface area (Å²) >= 11 is 0. The van der Waals surface area contributed by atoms with E-state index >= 15 is 0 Å². The van der Waals surface area contributed by atoms with Gasteiger partial charge in [0.15, 0.2) is 0 Å². The lowest BCUT2D eigenvalue weighted by molar-refractivity contribution is -0.147. The first-order valence-corrected chi connectivity index (χ1v) is 7.28. The van der Waals surface area contributed by atoms with Crippen molar-refractivity contribution in [2.45, 2.75) is 33.1 Å². The maximum Gasteiger partial charge on any atom is 0.239 e. The Bertz CT molecular complexity index is 537. The van der Waals surface area contributed by atoms with Gasteiger partial charge in [0.05, 0.1) is 5.69 Å². The smallest absolute Gasteiger partial charge is 0.239 e. The monoisotopic (exact) mass is 292 g/mol. The van der Waals surface area contributed by atoms with Crippen molar-refractivity contribution in [1.82, 2.24) is 4.90 Å². The second kappa shape index (κ2) is 6.24. The Hall–Kier alpha value is -1.91. The lowest BCUT2D eigenvalue weighted by atomic mass is 9.89. The van der Waals surface area contributed by atoms with E-state index in [2.05, 4.69) is 5.32 Å². The Labute approximate surface area is 124 Å². The SMILES string of the molecule is CC(C)(C(=O)Nc1ccccc1F)C(=O)N1CCCCC1. The first-order chi connectivity index (χ1) is 9.93. The molecule has 21 heavy (non-hydrogen) atoms. The summed E-state index contributed by atoms with van der Waals surface area (Å²) in [6, 6.07) is 5.94. The second-order valence-electron chi connectivity index (χ2n) is 5.91. The highest BCUT2D eigenvalue weighted by molar-refractivity contribution is 6.09. The molecule has 0 aliphatic carbocycles. The second-order valence-corrected chi connectivity index (χ2v) is 5.91. The fourth-order valence-electron chi connectivity index (χ4n) is 2.43. The van der Waals surface area contributed by atoms with Gasteiger partial charge in [-0.05, 0) is 45.2 Å². The summed E-state index contributed by atoms with van der Waals surface area (Å²) in [5.41, 5.74) is -1.11. The first-order valence-electron chi connectivity index (χ1n) is 7.28. The summed E-state index contributed by atoms with van der Waals surface area (Å²) in [5.74, 6) is -1.19. The molecule has 1 aromatic carbocycles. The predicted octanol–water partition coefficient (Wildman–Crippen LogP) is 2.80. The zero-order valence-corrected chi connectivity index (χ0v) is 12.5. The number of hydrogen-bond donors (Lipinski definition) is 1. The molecule has 1 fully saturated rings. The molecule has 2 amide bonds. The zero-order chi connectivity index (χ0) is 15.5. The molecule has 0 aromatic heterocycles. The summed E-state index contributed by atoms with van der Waals surface area (Å²) in [4.78, 5) is 26.6. The Morgan fingerprint density at radius 3 is 2.38 bits per heavy atom. The van der Waals surface area contributed by atoms with Gasteiger partial charge in [-0.3, -0.25) is 9.59 Å². The van der Waals surface area contributed by atoms with Gasteiger partial charge >= 0.3 is 0 Å². The maximum atomic E-state index is 13.6. The number of rotatable bonds is 3. The molecule has 5 heteroatoms. The standard InChI is InChI=1S/C16H21FN2O2/c1-16(2,15(21)19-10-6-3-7-11-19)14(20)18-13-9-5-4-8-12(13)17/h4-5,8-9H,3,6-7,10-11H2,1-2H3,(H,18,20). The number of anilines is 1. The Morgan fingerprint density at radius 1 is 1.14 bits per heavy atom. The fraction of sp³-hybridized carbons (Fsp3) is 0.500. The van der Waals surface area contributed by atoms with Crippen molar-refractivity contribution in [2.24, 2.45) is 5.41 Å². The van der Waals surface area contributed by atoms with Crippen LogP contribution >= 0.6 is 0 Å². The number of nitrogens with one attached hydrogen (secondary N) is 1. The van der Waals surface area contributed by atoms with Gasteiger partial charge in [-0.1, -0.05) is 12.1 Å². The van der Waals surface area contributed by atoms with Crippen LogP contribution in [0.15, 0.2) is 24.3 Å². The molecule has 1 aromatic rings. The molecule has 4 nitrogen and oxygen atoms in total. The van der Waals surface area contributed by atoms with E-state index in [1.807, 2.05) is 0 Å². The summed E-state index contributed by atoms with van der Waals surface area (Å²) in [7, 11) is 0. The fourth-order valence-corrected chi connectivity index (χ4v) is 2.43. The summed E-state index contributed by atoms with van der Waals surface area (Å²) in [6.07, 6.45) is 3.05. The zero-order valence-electron chi connectivity index (χ0n) is 12.5. The highest BCUT2D eigenvalue weighted by Gasteiger charge is 2.39. The number of halogens is 1. The number of carbonyl (C=O) groups is 2. The molecule has 0 bridgehead atoms. The van der Waals surface area contributed by atoms with E-state index in [4.69, 9.17) is 0 Å². The van der Waals surface area contributed by atoms with Crippen LogP contribution in [0.3, 0.4) is 0 Å².